The number of benzene rings is 1. The lowest BCUT2D eigenvalue weighted by Gasteiger charge is -2.14. The molecular weight excluding hydrogens is 264 g/mol. The van der Waals surface area contributed by atoms with Gasteiger partial charge >= 0.3 is 0 Å². The highest BCUT2D eigenvalue weighted by Crippen LogP contribution is 2.22. The third-order valence-electron chi connectivity index (χ3n) is 3.80. The second kappa shape index (κ2) is 7.26. The van der Waals surface area contributed by atoms with Crippen LogP contribution in [0.25, 0.3) is 0 Å². The highest BCUT2D eigenvalue weighted by atomic mass is 16.5. The number of amides is 1. The number of hydrogen-bond acceptors (Lipinski definition) is 3. The number of aryl methyl sites for hydroxylation is 1. The van der Waals surface area contributed by atoms with E-state index in [1.807, 2.05) is 25.1 Å². The molecule has 2 rings (SSSR count). The summed E-state index contributed by atoms with van der Waals surface area (Å²) < 4.78 is 5.33. The monoisotopic (exact) mass is 286 g/mol. The molecule has 4 heteroatoms. The first-order valence-corrected chi connectivity index (χ1v) is 7.27. The van der Waals surface area contributed by atoms with Crippen LogP contribution in [0.2, 0.25) is 0 Å². The number of carbonyl (C=O) groups is 1. The van der Waals surface area contributed by atoms with Gasteiger partial charge in [-0.05, 0) is 43.9 Å². The van der Waals surface area contributed by atoms with Crippen LogP contribution >= 0.6 is 0 Å². The Kier molecular flexibility index (Phi) is 5.38. The summed E-state index contributed by atoms with van der Waals surface area (Å²) in [5.41, 5.74) is 7.84. The third kappa shape index (κ3) is 4.07. The molecule has 0 spiro atoms. The Morgan fingerprint density at radius 1 is 1.48 bits per heavy atom. The number of methoxy groups -OCH3 is 1. The van der Waals surface area contributed by atoms with Gasteiger partial charge in [-0.25, -0.2) is 0 Å². The van der Waals surface area contributed by atoms with Crippen LogP contribution < -0.4 is 11.1 Å². The van der Waals surface area contributed by atoms with Crippen LogP contribution in [0.15, 0.2) is 18.2 Å². The van der Waals surface area contributed by atoms with Gasteiger partial charge in [0.1, 0.15) is 0 Å². The Bertz CT molecular complexity index is 572. The van der Waals surface area contributed by atoms with Gasteiger partial charge in [-0.15, -0.1) is 0 Å². The van der Waals surface area contributed by atoms with E-state index in [0.29, 0.717) is 5.56 Å². The summed E-state index contributed by atoms with van der Waals surface area (Å²) in [5, 5.41) is 3.08. The van der Waals surface area contributed by atoms with Crippen molar-refractivity contribution in [1.29, 1.82) is 0 Å². The van der Waals surface area contributed by atoms with E-state index in [0.717, 1.165) is 30.4 Å². The van der Waals surface area contributed by atoms with Gasteiger partial charge in [0, 0.05) is 18.7 Å². The molecule has 112 valence electrons. The third-order valence-corrected chi connectivity index (χ3v) is 3.80. The summed E-state index contributed by atoms with van der Waals surface area (Å²) in [4.78, 5) is 12.4. The average molecular weight is 286 g/mol. The number of nitrogens with one attached hydrogen (secondary N) is 1. The minimum Gasteiger partial charge on any atom is -0.381 e. The van der Waals surface area contributed by atoms with Crippen molar-refractivity contribution in [3.05, 3.63) is 34.9 Å². The van der Waals surface area contributed by atoms with Crippen LogP contribution in [-0.2, 0) is 4.74 Å². The lowest BCUT2D eigenvalue weighted by molar-refractivity contribution is 0.0915. The van der Waals surface area contributed by atoms with E-state index in [4.69, 9.17) is 10.5 Å². The Morgan fingerprint density at radius 3 is 2.95 bits per heavy atom. The Labute approximate surface area is 126 Å². The zero-order valence-electron chi connectivity index (χ0n) is 12.6. The largest absolute Gasteiger partial charge is 0.381 e. The van der Waals surface area contributed by atoms with Gasteiger partial charge < -0.3 is 15.8 Å². The first-order chi connectivity index (χ1) is 10.1. The van der Waals surface area contributed by atoms with Crippen LogP contribution in [0.5, 0.6) is 0 Å². The van der Waals surface area contributed by atoms with E-state index in [9.17, 15) is 4.79 Å². The van der Waals surface area contributed by atoms with Crippen molar-refractivity contribution in [3.8, 4) is 11.8 Å². The summed E-state index contributed by atoms with van der Waals surface area (Å²) in [7, 11) is 1.72. The number of hydrogen-bond donors (Lipinski definition) is 2. The van der Waals surface area contributed by atoms with Crippen molar-refractivity contribution in [3.63, 3.8) is 0 Å². The van der Waals surface area contributed by atoms with Gasteiger partial charge in [-0.1, -0.05) is 17.9 Å². The molecule has 4 nitrogen and oxygen atoms in total. The van der Waals surface area contributed by atoms with Crippen LogP contribution in [0, 0.1) is 18.8 Å². The zero-order chi connectivity index (χ0) is 15.2. The normalized spacial score (nSPS) is 20.7. The zero-order valence-corrected chi connectivity index (χ0v) is 12.6. The van der Waals surface area contributed by atoms with Crippen molar-refractivity contribution < 1.29 is 9.53 Å². The maximum Gasteiger partial charge on any atom is 0.252 e. The summed E-state index contributed by atoms with van der Waals surface area (Å²) >= 11 is 0. The van der Waals surface area contributed by atoms with Gasteiger partial charge in [0.25, 0.3) is 5.91 Å². The lowest BCUT2D eigenvalue weighted by atomic mass is 10.0. The van der Waals surface area contributed by atoms with Crippen molar-refractivity contribution in [1.82, 2.24) is 5.32 Å². The highest BCUT2D eigenvalue weighted by Gasteiger charge is 2.26. The topological polar surface area (TPSA) is 64.3 Å². The summed E-state index contributed by atoms with van der Waals surface area (Å²) in [6, 6.07) is 5.85. The molecular formula is C17H22N2O2. The standard InChI is InChI=1S/C17H22N2O2/c1-12-5-8-16(13(10-12)4-3-9-18)17(20)19-14-6-7-15(11-14)21-2/h5,8,10,14-15H,6-7,9,11,18H2,1-2H3,(H,19,20). The molecule has 1 amide bonds. The Balaban J connectivity index is 2.12. The molecule has 1 aliphatic rings. The number of ether oxygens (including phenoxy) is 1. The molecule has 3 N–H and O–H groups in total. The SMILES string of the molecule is COC1CCC(NC(=O)c2ccc(C)cc2C#CCN)C1. The molecule has 21 heavy (non-hydrogen) atoms. The predicted molar refractivity (Wildman–Crippen MR) is 83.0 cm³/mol. The first-order valence-electron chi connectivity index (χ1n) is 7.27. The molecule has 1 aromatic carbocycles. The fraction of sp³-hybridized carbons (Fsp3) is 0.471. The Morgan fingerprint density at radius 2 is 2.29 bits per heavy atom. The van der Waals surface area contributed by atoms with Gasteiger partial charge in [0.2, 0.25) is 0 Å². The fourth-order valence-electron chi connectivity index (χ4n) is 2.65. The van der Waals surface area contributed by atoms with Crippen molar-refractivity contribution in [2.45, 2.75) is 38.3 Å². The van der Waals surface area contributed by atoms with E-state index in [2.05, 4.69) is 17.2 Å². The van der Waals surface area contributed by atoms with Crippen LogP contribution in [0.4, 0.5) is 0 Å². The molecule has 0 saturated heterocycles. The van der Waals surface area contributed by atoms with E-state index in [1.165, 1.54) is 0 Å². The molecule has 1 saturated carbocycles. The lowest BCUT2D eigenvalue weighted by Crippen LogP contribution is -2.33. The van der Waals surface area contributed by atoms with Crippen molar-refractivity contribution in [2.75, 3.05) is 13.7 Å². The average Bonchev–Trinajstić information content (AvgIpc) is 2.92. The highest BCUT2D eigenvalue weighted by molar-refractivity contribution is 5.97. The maximum absolute atomic E-state index is 12.4. The maximum atomic E-state index is 12.4. The van der Waals surface area contributed by atoms with Gasteiger partial charge in [0.05, 0.1) is 18.2 Å². The number of rotatable bonds is 3. The summed E-state index contributed by atoms with van der Waals surface area (Å²) in [6.45, 7) is 2.27. The summed E-state index contributed by atoms with van der Waals surface area (Å²) in [5.74, 6) is 5.72. The summed E-state index contributed by atoms with van der Waals surface area (Å²) in [6.07, 6.45) is 3.08. The molecule has 2 atom stereocenters. The van der Waals surface area contributed by atoms with E-state index in [-0.39, 0.29) is 24.6 Å². The molecule has 1 fully saturated rings. The smallest absolute Gasteiger partial charge is 0.252 e. The minimum absolute atomic E-state index is 0.0712. The van der Waals surface area contributed by atoms with Gasteiger partial charge in [-0.2, -0.15) is 0 Å². The minimum atomic E-state index is -0.0712. The van der Waals surface area contributed by atoms with Gasteiger partial charge in [-0.3, -0.25) is 4.79 Å². The number of nitrogens with two attached hydrogens (primary N) is 1. The second-order valence-corrected chi connectivity index (χ2v) is 5.40. The Hall–Kier alpha value is -1.83. The molecule has 0 aromatic heterocycles. The molecule has 0 radical (unpaired) electrons. The van der Waals surface area contributed by atoms with E-state index < -0.39 is 0 Å². The van der Waals surface area contributed by atoms with Crippen molar-refractivity contribution in [2.24, 2.45) is 5.73 Å². The number of carbonyl (C=O) groups excluding carboxylic acids is 1. The van der Waals surface area contributed by atoms with E-state index in [1.54, 1.807) is 7.11 Å². The van der Waals surface area contributed by atoms with Crippen LogP contribution in [0.1, 0.15) is 40.7 Å². The predicted octanol–water partition coefficient (Wildman–Crippen LogP) is 1.60. The first kappa shape index (κ1) is 15.6. The fourth-order valence-corrected chi connectivity index (χ4v) is 2.65. The van der Waals surface area contributed by atoms with Crippen molar-refractivity contribution >= 4 is 5.91 Å². The molecule has 1 aromatic rings. The van der Waals surface area contributed by atoms with Crippen LogP contribution in [-0.4, -0.2) is 31.7 Å². The quantitative estimate of drug-likeness (QED) is 0.830. The molecule has 0 bridgehead atoms. The van der Waals surface area contributed by atoms with Gasteiger partial charge in [0.15, 0.2) is 0 Å². The molecule has 1 aliphatic carbocycles. The van der Waals surface area contributed by atoms with E-state index >= 15 is 0 Å². The van der Waals surface area contributed by atoms with Crippen LogP contribution in [0.3, 0.4) is 0 Å². The molecule has 0 heterocycles. The molecule has 2 unspecified atom stereocenters. The molecule has 0 aliphatic heterocycles. The second-order valence-electron chi connectivity index (χ2n) is 5.40.